The maximum absolute atomic E-state index is 11.7. The van der Waals surface area contributed by atoms with Crippen molar-refractivity contribution in [3.05, 3.63) is 59.1 Å². The van der Waals surface area contributed by atoms with E-state index in [0.29, 0.717) is 28.0 Å². The van der Waals surface area contributed by atoms with Crippen molar-refractivity contribution in [3.8, 4) is 0 Å². The lowest BCUT2D eigenvalue weighted by atomic mass is 10.2. The van der Waals surface area contributed by atoms with Gasteiger partial charge in [0.25, 0.3) is 0 Å². The van der Waals surface area contributed by atoms with Gasteiger partial charge in [0.1, 0.15) is 0 Å². The molecule has 0 radical (unpaired) electrons. The summed E-state index contributed by atoms with van der Waals surface area (Å²) in [5, 5.41) is 6.81. The number of carbonyl (C=O) groups is 1. The van der Waals surface area contributed by atoms with Gasteiger partial charge in [0, 0.05) is 11.4 Å². The summed E-state index contributed by atoms with van der Waals surface area (Å²) in [5.41, 5.74) is 1.90. The number of nitrogens with one attached hydrogen (secondary N) is 2. The maximum Gasteiger partial charge on any atom is 0.339 e. The molecule has 6 heteroatoms. The molecule has 0 aliphatic rings. The van der Waals surface area contributed by atoms with E-state index in [1.54, 1.807) is 25.1 Å². The van der Waals surface area contributed by atoms with Gasteiger partial charge >= 0.3 is 5.97 Å². The summed E-state index contributed by atoms with van der Waals surface area (Å²) < 4.78 is 4.93. The highest BCUT2D eigenvalue weighted by molar-refractivity contribution is 7.80. The SMILES string of the molecule is CCOC(=O)c1ccc(NC(=S)Nc2ccccc2)cc1Cl. The molecule has 0 aliphatic heterocycles. The minimum absolute atomic E-state index is 0.306. The lowest BCUT2D eigenvalue weighted by molar-refractivity contribution is 0.0526. The van der Waals surface area contributed by atoms with Crippen LogP contribution in [0.4, 0.5) is 11.4 Å². The van der Waals surface area contributed by atoms with Gasteiger partial charge in [0.2, 0.25) is 0 Å². The first-order valence-corrected chi connectivity index (χ1v) is 7.48. The Labute approximate surface area is 139 Å². The molecule has 22 heavy (non-hydrogen) atoms. The van der Waals surface area contributed by atoms with Gasteiger partial charge < -0.3 is 15.4 Å². The van der Waals surface area contributed by atoms with Crippen LogP contribution in [-0.2, 0) is 4.74 Å². The van der Waals surface area contributed by atoms with Crippen molar-refractivity contribution >= 4 is 46.3 Å². The van der Waals surface area contributed by atoms with Crippen LogP contribution in [0.3, 0.4) is 0 Å². The molecule has 0 fully saturated rings. The molecule has 0 saturated carbocycles. The molecule has 114 valence electrons. The van der Waals surface area contributed by atoms with Crippen LogP contribution in [0, 0.1) is 0 Å². The fourth-order valence-electron chi connectivity index (χ4n) is 1.78. The molecule has 0 saturated heterocycles. The molecule has 0 aliphatic carbocycles. The third kappa shape index (κ3) is 4.44. The standard InChI is InChI=1S/C16H15ClN2O2S/c1-2-21-15(20)13-9-8-12(10-14(13)17)19-16(22)18-11-6-4-3-5-7-11/h3-10H,2H2,1H3,(H2,18,19,22). The summed E-state index contributed by atoms with van der Waals surface area (Å²) in [7, 11) is 0. The van der Waals surface area contributed by atoms with Crippen molar-refractivity contribution in [2.45, 2.75) is 6.92 Å². The third-order valence-electron chi connectivity index (χ3n) is 2.75. The van der Waals surface area contributed by atoms with Crippen molar-refractivity contribution in [2.24, 2.45) is 0 Å². The molecular weight excluding hydrogens is 320 g/mol. The van der Waals surface area contributed by atoms with E-state index in [1.165, 1.54) is 0 Å². The highest BCUT2D eigenvalue weighted by Gasteiger charge is 2.12. The summed E-state index contributed by atoms with van der Waals surface area (Å²) in [6, 6.07) is 14.5. The molecule has 2 aromatic carbocycles. The Morgan fingerprint density at radius 1 is 1.14 bits per heavy atom. The van der Waals surface area contributed by atoms with Crippen molar-refractivity contribution in [1.82, 2.24) is 0 Å². The van der Waals surface area contributed by atoms with E-state index < -0.39 is 5.97 Å². The predicted octanol–water partition coefficient (Wildman–Crippen LogP) is 4.33. The van der Waals surface area contributed by atoms with Gasteiger partial charge in [-0.1, -0.05) is 29.8 Å². The molecule has 0 bridgehead atoms. The third-order valence-corrected chi connectivity index (χ3v) is 3.27. The van der Waals surface area contributed by atoms with Gasteiger partial charge in [-0.05, 0) is 49.5 Å². The molecule has 0 aromatic heterocycles. The summed E-state index contributed by atoms with van der Waals surface area (Å²) in [4.78, 5) is 11.7. The first-order valence-electron chi connectivity index (χ1n) is 6.70. The second-order valence-corrected chi connectivity index (χ2v) is 5.18. The Balaban J connectivity index is 2.03. The van der Waals surface area contributed by atoms with Crippen molar-refractivity contribution in [3.63, 3.8) is 0 Å². The second-order valence-electron chi connectivity index (χ2n) is 4.36. The van der Waals surface area contributed by atoms with Gasteiger partial charge in [-0.3, -0.25) is 0 Å². The summed E-state index contributed by atoms with van der Waals surface area (Å²) in [5.74, 6) is -0.441. The van der Waals surface area contributed by atoms with E-state index >= 15 is 0 Å². The average molecular weight is 335 g/mol. The number of anilines is 2. The molecular formula is C16H15ClN2O2S. The molecule has 0 amide bonds. The van der Waals surface area contributed by atoms with Crippen LogP contribution in [0.15, 0.2) is 48.5 Å². The van der Waals surface area contributed by atoms with Crippen LogP contribution >= 0.6 is 23.8 Å². The fourth-order valence-corrected chi connectivity index (χ4v) is 2.28. The van der Waals surface area contributed by atoms with Crippen LogP contribution in [0.2, 0.25) is 5.02 Å². The molecule has 0 spiro atoms. The van der Waals surface area contributed by atoms with Gasteiger partial charge in [-0.2, -0.15) is 0 Å². The predicted molar refractivity (Wildman–Crippen MR) is 93.7 cm³/mol. The second kappa shape index (κ2) is 7.77. The first kappa shape index (κ1) is 16.3. The van der Waals surface area contributed by atoms with Gasteiger partial charge in [-0.25, -0.2) is 4.79 Å². The van der Waals surface area contributed by atoms with Gasteiger partial charge in [0.15, 0.2) is 5.11 Å². The van der Waals surface area contributed by atoms with E-state index in [4.69, 9.17) is 28.6 Å². The largest absolute Gasteiger partial charge is 0.462 e. The minimum Gasteiger partial charge on any atom is -0.462 e. The minimum atomic E-state index is -0.441. The lowest BCUT2D eigenvalue weighted by Gasteiger charge is -2.11. The number of benzene rings is 2. The zero-order valence-electron chi connectivity index (χ0n) is 11.9. The summed E-state index contributed by atoms with van der Waals surface area (Å²) >= 11 is 11.3. The van der Waals surface area contributed by atoms with Crippen LogP contribution in [0.25, 0.3) is 0 Å². The highest BCUT2D eigenvalue weighted by Crippen LogP contribution is 2.22. The van der Waals surface area contributed by atoms with Crippen LogP contribution < -0.4 is 10.6 Å². The first-order chi connectivity index (χ1) is 10.6. The summed E-state index contributed by atoms with van der Waals surface area (Å²) in [6.07, 6.45) is 0. The number of carbonyl (C=O) groups excluding carboxylic acids is 1. The molecule has 0 unspecified atom stereocenters. The zero-order valence-corrected chi connectivity index (χ0v) is 13.5. The number of halogens is 1. The topological polar surface area (TPSA) is 50.4 Å². The molecule has 2 aromatic rings. The zero-order chi connectivity index (χ0) is 15.9. The number of para-hydroxylation sites is 1. The van der Waals surface area contributed by atoms with Crippen molar-refractivity contribution in [1.29, 1.82) is 0 Å². The van der Waals surface area contributed by atoms with E-state index in [-0.39, 0.29) is 0 Å². The smallest absolute Gasteiger partial charge is 0.339 e. The lowest BCUT2D eigenvalue weighted by Crippen LogP contribution is -2.19. The Morgan fingerprint density at radius 3 is 2.45 bits per heavy atom. The van der Waals surface area contributed by atoms with E-state index in [2.05, 4.69) is 10.6 Å². The van der Waals surface area contributed by atoms with E-state index in [0.717, 1.165) is 5.69 Å². The molecule has 4 nitrogen and oxygen atoms in total. The number of rotatable bonds is 4. The van der Waals surface area contributed by atoms with Gasteiger partial charge in [-0.15, -0.1) is 0 Å². The molecule has 2 N–H and O–H groups in total. The quantitative estimate of drug-likeness (QED) is 0.644. The maximum atomic E-state index is 11.7. The molecule has 0 heterocycles. The van der Waals surface area contributed by atoms with Crippen LogP contribution in [0.1, 0.15) is 17.3 Å². The normalized spacial score (nSPS) is 9.91. The number of ether oxygens (including phenoxy) is 1. The monoisotopic (exact) mass is 334 g/mol. The number of hydrogen-bond donors (Lipinski definition) is 2. The van der Waals surface area contributed by atoms with Gasteiger partial charge in [0.05, 0.1) is 17.2 Å². The van der Waals surface area contributed by atoms with Crippen molar-refractivity contribution < 1.29 is 9.53 Å². The molecule has 0 atom stereocenters. The van der Waals surface area contributed by atoms with E-state index in [9.17, 15) is 4.79 Å². The Morgan fingerprint density at radius 2 is 1.82 bits per heavy atom. The fraction of sp³-hybridized carbons (Fsp3) is 0.125. The average Bonchev–Trinajstić information content (AvgIpc) is 2.48. The Kier molecular flexibility index (Phi) is 5.75. The van der Waals surface area contributed by atoms with E-state index in [1.807, 2.05) is 30.3 Å². The number of hydrogen-bond acceptors (Lipinski definition) is 3. The molecule has 2 rings (SSSR count). The number of esters is 1. The van der Waals surface area contributed by atoms with Crippen LogP contribution in [0.5, 0.6) is 0 Å². The Bertz CT molecular complexity index is 677. The van der Waals surface area contributed by atoms with Crippen molar-refractivity contribution in [2.75, 3.05) is 17.2 Å². The Hall–Kier alpha value is -2.11. The van der Waals surface area contributed by atoms with Crippen LogP contribution in [-0.4, -0.2) is 17.7 Å². The number of thiocarbonyl (C=S) groups is 1. The highest BCUT2D eigenvalue weighted by atomic mass is 35.5. The summed E-state index contributed by atoms with van der Waals surface area (Å²) in [6.45, 7) is 2.05.